The van der Waals surface area contributed by atoms with Crippen molar-refractivity contribution in [1.82, 2.24) is 10.6 Å². The van der Waals surface area contributed by atoms with Gasteiger partial charge in [-0.25, -0.2) is 4.79 Å². The highest BCUT2D eigenvalue weighted by Gasteiger charge is 2.25. The highest BCUT2D eigenvalue weighted by molar-refractivity contribution is 5.74. The van der Waals surface area contributed by atoms with Gasteiger partial charge in [-0.3, -0.25) is 0 Å². The van der Waals surface area contributed by atoms with E-state index in [1.54, 1.807) is 7.11 Å². The van der Waals surface area contributed by atoms with Crippen molar-refractivity contribution in [2.24, 2.45) is 0 Å². The minimum atomic E-state index is -0.695. The van der Waals surface area contributed by atoms with Crippen LogP contribution < -0.4 is 10.6 Å². The third-order valence-corrected chi connectivity index (χ3v) is 4.14. The fourth-order valence-corrected chi connectivity index (χ4v) is 3.03. The van der Waals surface area contributed by atoms with Gasteiger partial charge in [0.1, 0.15) is 0 Å². The molecule has 0 unspecified atom stereocenters. The second kappa shape index (κ2) is 7.61. The summed E-state index contributed by atoms with van der Waals surface area (Å²) >= 11 is 0. The summed E-state index contributed by atoms with van der Waals surface area (Å²) in [6, 6.07) is 5.87. The number of carbonyl (C=O) groups excluding carboxylic acids is 1. The lowest BCUT2D eigenvalue weighted by molar-refractivity contribution is 0.107. The van der Waals surface area contributed by atoms with Gasteiger partial charge in [0.2, 0.25) is 0 Å². The van der Waals surface area contributed by atoms with Crippen molar-refractivity contribution in [3.63, 3.8) is 0 Å². The maximum absolute atomic E-state index is 11.9. The lowest BCUT2D eigenvalue weighted by atomic mass is 10.0. The Hall–Kier alpha value is -1.59. The summed E-state index contributed by atoms with van der Waals surface area (Å²) in [6.07, 6.45) is 2.31. The highest BCUT2D eigenvalue weighted by atomic mass is 16.5. The molecule has 1 aliphatic rings. The van der Waals surface area contributed by atoms with Gasteiger partial charge in [-0.15, -0.1) is 0 Å². The molecule has 2 amide bonds. The number of carbonyl (C=O) groups is 1. The van der Waals surface area contributed by atoms with Crippen LogP contribution in [0.2, 0.25) is 0 Å². The molecule has 5 heteroatoms. The zero-order valence-electron chi connectivity index (χ0n) is 13.6. The van der Waals surface area contributed by atoms with E-state index in [2.05, 4.69) is 16.7 Å². The molecule has 22 heavy (non-hydrogen) atoms. The Labute approximate surface area is 132 Å². The normalized spacial score (nSPS) is 22.4. The molecular formula is C17H26N2O3. The number of aliphatic hydroxyl groups excluding tert-OH is 1. The summed E-state index contributed by atoms with van der Waals surface area (Å²) in [5.74, 6) is 0. The van der Waals surface area contributed by atoms with E-state index in [1.807, 2.05) is 26.0 Å². The number of aliphatic hydroxyl groups is 1. The van der Waals surface area contributed by atoms with E-state index >= 15 is 0 Å². The third-order valence-electron chi connectivity index (χ3n) is 4.14. The first-order valence-electron chi connectivity index (χ1n) is 7.81. The van der Waals surface area contributed by atoms with E-state index in [9.17, 15) is 9.90 Å². The quantitative estimate of drug-likeness (QED) is 0.781. The maximum Gasteiger partial charge on any atom is 0.315 e. The van der Waals surface area contributed by atoms with Crippen molar-refractivity contribution in [3.8, 4) is 0 Å². The summed E-state index contributed by atoms with van der Waals surface area (Å²) in [6.45, 7) is 4.19. The van der Waals surface area contributed by atoms with Crippen LogP contribution in [0.25, 0.3) is 0 Å². The Morgan fingerprint density at radius 1 is 1.32 bits per heavy atom. The van der Waals surface area contributed by atoms with Gasteiger partial charge in [0.25, 0.3) is 0 Å². The molecule has 0 bridgehead atoms. The molecule has 0 aliphatic heterocycles. The van der Waals surface area contributed by atoms with Crippen LogP contribution in [0.3, 0.4) is 0 Å². The molecule has 1 saturated carbocycles. The van der Waals surface area contributed by atoms with Crippen LogP contribution in [0.15, 0.2) is 18.2 Å². The fraction of sp³-hybridized carbons (Fsp3) is 0.588. The highest BCUT2D eigenvalue weighted by Crippen LogP contribution is 2.21. The number of urea groups is 1. The summed E-state index contributed by atoms with van der Waals surface area (Å²) in [7, 11) is 1.70. The first kappa shape index (κ1) is 16.8. The molecular weight excluding hydrogens is 280 g/mol. The van der Waals surface area contributed by atoms with E-state index in [0.29, 0.717) is 0 Å². The first-order valence-corrected chi connectivity index (χ1v) is 7.81. The maximum atomic E-state index is 11.9. The Bertz CT molecular complexity index is 498. The summed E-state index contributed by atoms with van der Waals surface area (Å²) in [5.41, 5.74) is 3.04. The largest absolute Gasteiger partial charge is 0.387 e. The molecule has 2 rings (SSSR count). The second-order valence-corrected chi connectivity index (χ2v) is 6.16. The number of benzene rings is 1. The topological polar surface area (TPSA) is 70.6 Å². The van der Waals surface area contributed by atoms with Crippen LogP contribution in [-0.2, 0) is 4.74 Å². The van der Waals surface area contributed by atoms with Gasteiger partial charge < -0.3 is 20.5 Å². The van der Waals surface area contributed by atoms with Gasteiger partial charge in [-0.05, 0) is 38.7 Å². The van der Waals surface area contributed by atoms with Gasteiger partial charge >= 0.3 is 6.03 Å². The van der Waals surface area contributed by atoms with Gasteiger partial charge in [-0.2, -0.15) is 0 Å². The van der Waals surface area contributed by atoms with Crippen molar-refractivity contribution in [1.29, 1.82) is 0 Å². The second-order valence-electron chi connectivity index (χ2n) is 6.16. The van der Waals surface area contributed by atoms with E-state index < -0.39 is 6.10 Å². The standard InChI is InChI=1S/C17H26N2O3/c1-11-6-12(2)8-13(7-11)16(20)10-18-17(21)19-14-4-5-15(9-14)22-3/h6-8,14-16,20H,4-5,9-10H2,1-3H3,(H2,18,19,21)/t14-,15+,16-/m0/s1. The average molecular weight is 306 g/mol. The van der Waals surface area contributed by atoms with Crippen LogP contribution in [-0.4, -0.2) is 36.9 Å². The zero-order valence-corrected chi connectivity index (χ0v) is 13.6. The number of amides is 2. The minimum Gasteiger partial charge on any atom is -0.387 e. The smallest absolute Gasteiger partial charge is 0.315 e. The Balaban J connectivity index is 1.78. The molecule has 3 atom stereocenters. The summed E-state index contributed by atoms with van der Waals surface area (Å²) in [4.78, 5) is 11.9. The molecule has 1 aromatic rings. The summed E-state index contributed by atoms with van der Waals surface area (Å²) < 4.78 is 5.29. The van der Waals surface area contributed by atoms with E-state index in [-0.39, 0.29) is 24.7 Å². The molecule has 122 valence electrons. The molecule has 5 nitrogen and oxygen atoms in total. The molecule has 0 radical (unpaired) electrons. The number of hydrogen-bond donors (Lipinski definition) is 3. The van der Waals surface area contributed by atoms with Crippen molar-refractivity contribution >= 4 is 6.03 Å². The molecule has 0 saturated heterocycles. The molecule has 3 N–H and O–H groups in total. The molecule has 1 aliphatic carbocycles. The van der Waals surface area contributed by atoms with E-state index in [4.69, 9.17) is 4.74 Å². The van der Waals surface area contributed by atoms with Crippen molar-refractivity contribution in [2.45, 2.75) is 51.4 Å². The average Bonchev–Trinajstić information content (AvgIpc) is 2.91. The van der Waals surface area contributed by atoms with Crippen molar-refractivity contribution in [2.75, 3.05) is 13.7 Å². The number of ether oxygens (including phenoxy) is 1. The number of aryl methyl sites for hydroxylation is 2. The van der Waals surface area contributed by atoms with Gasteiger partial charge in [-0.1, -0.05) is 29.3 Å². The molecule has 1 fully saturated rings. The molecule has 0 spiro atoms. The van der Waals surface area contributed by atoms with Crippen LogP contribution in [0.1, 0.15) is 42.1 Å². The zero-order chi connectivity index (χ0) is 16.1. The van der Waals surface area contributed by atoms with Gasteiger partial charge in [0, 0.05) is 19.7 Å². The van der Waals surface area contributed by atoms with Gasteiger partial charge in [0.05, 0.1) is 12.2 Å². The van der Waals surface area contributed by atoms with Crippen molar-refractivity contribution < 1.29 is 14.6 Å². The molecule has 0 aromatic heterocycles. The minimum absolute atomic E-state index is 0.156. The number of hydrogen-bond acceptors (Lipinski definition) is 3. The Kier molecular flexibility index (Phi) is 5.80. The molecule has 0 heterocycles. The number of rotatable bonds is 5. The van der Waals surface area contributed by atoms with Crippen LogP contribution in [0, 0.1) is 13.8 Å². The van der Waals surface area contributed by atoms with Crippen LogP contribution in [0.4, 0.5) is 4.79 Å². The summed E-state index contributed by atoms with van der Waals surface area (Å²) in [5, 5.41) is 15.9. The lowest BCUT2D eigenvalue weighted by Gasteiger charge is -2.17. The number of methoxy groups -OCH3 is 1. The van der Waals surface area contributed by atoms with E-state index in [0.717, 1.165) is 36.0 Å². The third kappa shape index (κ3) is 4.71. The lowest BCUT2D eigenvalue weighted by Crippen LogP contribution is -2.42. The predicted molar refractivity (Wildman–Crippen MR) is 85.8 cm³/mol. The number of nitrogens with one attached hydrogen (secondary N) is 2. The van der Waals surface area contributed by atoms with E-state index in [1.165, 1.54) is 0 Å². The SMILES string of the molecule is CO[C@@H]1CC[C@H](NC(=O)NC[C@H](O)c2cc(C)cc(C)c2)C1. The Morgan fingerprint density at radius 3 is 2.59 bits per heavy atom. The monoisotopic (exact) mass is 306 g/mol. The van der Waals surface area contributed by atoms with Crippen LogP contribution in [0.5, 0.6) is 0 Å². The first-order chi connectivity index (χ1) is 10.5. The molecule has 1 aromatic carbocycles. The fourth-order valence-electron chi connectivity index (χ4n) is 3.03. The van der Waals surface area contributed by atoms with Gasteiger partial charge in [0.15, 0.2) is 0 Å². The predicted octanol–water partition coefficient (Wildman–Crippen LogP) is 2.20. The van der Waals surface area contributed by atoms with Crippen molar-refractivity contribution in [3.05, 3.63) is 34.9 Å². The Morgan fingerprint density at radius 2 is 2.00 bits per heavy atom. The van der Waals surface area contributed by atoms with Crippen LogP contribution >= 0.6 is 0 Å².